The van der Waals surface area contributed by atoms with Crippen LogP contribution < -0.4 is 0 Å². The van der Waals surface area contributed by atoms with Gasteiger partial charge in [0, 0.05) is 10.3 Å². The third kappa shape index (κ3) is 4.65. The van der Waals surface area contributed by atoms with Gasteiger partial charge < -0.3 is 29.7 Å². The number of fused-ring (bicyclic) bond motifs is 1. The van der Waals surface area contributed by atoms with Gasteiger partial charge in [0.25, 0.3) is 0 Å². The van der Waals surface area contributed by atoms with Crippen molar-refractivity contribution in [2.45, 2.75) is 45.9 Å². The molecule has 0 aromatic carbocycles. The van der Waals surface area contributed by atoms with Gasteiger partial charge in [0.15, 0.2) is 0 Å². The number of aliphatic hydroxyl groups is 2. The number of thiazole rings is 1. The van der Waals surface area contributed by atoms with E-state index in [1.807, 2.05) is 0 Å². The minimum absolute atomic E-state index is 0.0510. The predicted molar refractivity (Wildman–Crippen MR) is 121 cm³/mol. The summed E-state index contributed by atoms with van der Waals surface area (Å²) >= 11 is 2.48. The second-order valence-corrected chi connectivity index (χ2v) is 9.65. The predicted octanol–water partition coefficient (Wildman–Crippen LogP) is 2.43. The number of rotatable bonds is 10. The average Bonchev–Trinajstić information content (AvgIpc) is 3.28. The highest BCUT2D eigenvalue weighted by Crippen LogP contribution is 2.59. The number of carboxylic acid groups (broad SMARTS) is 1. The van der Waals surface area contributed by atoms with Crippen molar-refractivity contribution in [3.63, 3.8) is 0 Å². The van der Waals surface area contributed by atoms with Crippen LogP contribution in [0.4, 0.5) is 4.79 Å². The Labute approximate surface area is 198 Å². The van der Waals surface area contributed by atoms with Crippen molar-refractivity contribution in [1.82, 2.24) is 9.88 Å². The molecule has 0 spiro atoms. The number of carbonyl (C=O) groups excluding carboxylic acids is 2. The molecule has 1 fully saturated rings. The molecule has 1 saturated heterocycles. The minimum Gasteiger partial charge on any atom is -0.477 e. The number of amides is 1. The molecule has 2 aliphatic rings. The van der Waals surface area contributed by atoms with E-state index < -0.39 is 41.5 Å². The molecule has 0 saturated carbocycles. The normalized spacial score (nSPS) is 25.2. The highest BCUT2D eigenvalue weighted by Gasteiger charge is 2.65. The van der Waals surface area contributed by atoms with E-state index in [0.717, 1.165) is 16.6 Å². The van der Waals surface area contributed by atoms with E-state index in [2.05, 4.69) is 4.98 Å². The lowest BCUT2D eigenvalue weighted by Gasteiger charge is -2.50. The minimum atomic E-state index is -1.25. The van der Waals surface area contributed by atoms with Crippen LogP contribution in [0.5, 0.6) is 0 Å². The molecule has 12 heteroatoms. The molecule has 180 valence electrons. The van der Waals surface area contributed by atoms with E-state index in [4.69, 9.17) is 9.47 Å². The van der Waals surface area contributed by atoms with Crippen LogP contribution in [-0.2, 0) is 25.7 Å². The van der Waals surface area contributed by atoms with Gasteiger partial charge >= 0.3 is 12.1 Å². The number of thioether (sulfide) groups is 1. The summed E-state index contributed by atoms with van der Waals surface area (Å²) in [5, 5.41) is 31.2. The second kappa shape index (κ2) is 10.2. The highest BCUT2D eigenvalue weighted by molar-refractivity contribution is 8.06. The number of hydrogen-bond acceptors (Lipinski definition) is 10. The molecule has 10 nitrogen and oxygen atoms in total. The number of carbonyl (C=O) groups is 3. The van der Waals surface area contributed by atoms with E-state index in [-0.39, 0.29) is 31.9 Å². The molecule has 0 radical (unpaired) electrons. The van der Waals surface area contributed by atoms with Crippen molar-refractivity contribution in [3.8, 4) is 0 Å². The maximum absolute atomic E-state index is 12.7. The van der Waals surface area contributed by atoms with Crippen molar-refractivity contribution >= 4 is 47.2 Å². The van der Waals surface area contributed by atoms with Crippen LogP contribution in [0.3, 0.4) is 0 Å². The molecular weight excluding hydrogens is 472 g/mol. The summed E-state index contributed by atoms with van der Waals surface area (Å²) in [7, 11) is 0. The van der Waals surface area contributed by atoms with Crippen LogP contribution in [0, 0.1) is 11.3 Å². The molecule has 3 N–H and O–H groups in total. The Bertz CT molecular complexity index is 989. The highest BCUT2D eigenvalue weighted by atomic mass is 32.2. The number of hydrogen-bond donors (Lipinski definition) is 3. The number of nitrogens with zero attached hydrogens (tertiary/aromatic N) is 2. The molecule has 33 heavy (non-hydrogen) atoms. The van der Waals surface area contributed by atoms with Crippen molar-refractivity contribution < 1.29 is 39.2 Å². The molecule has 0 unspecified atom stereocenters. The number of β-lactam (4-membered cyclic amide) rings is 1. The number of aliphatic hydroxyl groups excluding tert-OH is 2. The zero-order chi connectivity index (χ0) is 24.3. The SMILES string of the molecule is CCOC(=O)OCC[C@@]1(C)C(S/C=C\c2scnc2CO)=C(C(=O)O)N2C(=O)[C@H]([C@@H](C)O)[C@H]21. The lowest BCUT2D eigenvalue weighted by atomic mass is 9.68. The first kappa shape index (κ1) is 25.2. The Morgan fingerprint density at radius 1 is 1.42 bits per heavy atom. The Morgan fingerprint density at radius 3 is 2.76 bits per heavy atom. The first-order valence-electron chi connectivity index (χ1n) is 10.3. The Kier molecular flexibility index (Phi) is 7.83. The Balaban J connectivity index is 1.93. The summed E-state index contributed by atoms with van der Waals surface area (Å²) in [4.78, 5) is 43.0. The fraction of sp³-hybridized carbons (Fsp3) is 0.524. The molecule has 1 aromatic heterocycles. The zero-order valence-electron chi connectivity index (χ0n) is 18.4. The fourth-order valence-corrected chi connectivity index (χ4v) is 6.19. The van der Waals surface area contributed by atoms with Gasteiger partial charge in [0.05, 0.1) is 54.0 Å². The summed E-state index contributed by atoms with van der Waals surface area (Å²) in [6, 6.07) is -0.589. The molecule has 2 aliphatic heterocycles. The number of ether oxygens (including phenoxy) is 2. The smallest absolute Gasteiger partial charge is 0.477 e. The monoisotopic (exact) mass is 498 g/mol. The molecule has 1 amide bonds. The summed E-state index contributed by atoms with van der Waals surface area (Å²) in [5.74, 6) is -2.47. The molecule has 4 atom stereocenters. The van der Waals surface area contributed by atoms with Gasteiger partial charge in [-0.2, -0.15) is 0 Å². The number of carboxylic acids is 1. The first-order chi connectivity index (χ1) is 15.7. The van der Waals surface area contributed by atoms with Crippen LogP contribution in [0.25, 0.3) is 6.08 Å². The number of aromatic nitrogens is 1. The van der Waals surface area contributed by atoms with Gasteiger partial charge in [0.1, 0.15) is 5.70 Å². The van der Waals surface area contributed by atoms with Crippen molar-refractivity contribution in [2.24, 2.45) is 11.3 Å². The van der Waals surface area contributed by atoms with Gasteiger partial charge in [-0.3, -0.25) is 4.79 Å². The van der Waals surface area contributed by atoms with Crippen molar-refractivity contribution in [1.29, 1.82) is 0 Å². The molecule has 3 heterocycles. The quantitative estimate of drug-likeness (QED) is 0.325. The van der Waals surface area contributed by atoms with Gasteiger partial charge in [-0.1, -0.05) is 18.7 Å². The number of aliphatic carboxylic acids is 1. The van der Waals surface area contributed by atoms with E-state index in [1.54, 1.807) is 30.8 Å². The summed E-state index contributed by atoms with van der Waals surface area (Å²) < 4.78 is 9.90. The summed E-state index contributed by atoms with van der Waals surface area (Å²) in [6.07, 6.45) is 0.146. The second-order valence-electron chi connectivity index (χ2n) is 7.84. The van der Waals surface area contributed by atoms with Crippen LogP contribution in [0.15, 0.2) is 21.5 Å². The maximum atomic E-state index is 12.7. The third-order valence-corrected chi connectivity index (χ3v) is 7.83. The van der Waals surface area contributed by atoms with Crippen LogP contribution >= 0.6 is 23.1 Å². The van der Waals surface area contributed by atoms with E-state index in [1.165, 1.54) is 23.2 Å². The van der Waals surface area contributed by atoms with E-state index in [9.17, 15) is 29.7 Å². The Morgan fingerprint density at radius 2 is 2.15 bits per heavy atom. The first-order valence-corrected chi connectivity index (χ1v) is 12.1. The van der Waals surface area contributed by atoms with Crippen LogP contribution in [0.1, 0.15) is 37.8 Å². The molecule has 0 bridgehead atoms. The van der Waals surface area contributed by atoms with Gasteiger partial charge in [-0.05, 0) is 31.8 Å². The lowest BCUT2D eigenvalue weighted by Crippen LogP contribution is -2.66. The van der Waals surface area contributed by atoms with Gasteiger partial charge in [-0.15, -0.1) is 11.3 Å². The zero-order valence-corrected chi connectivity index (χ0v) is 20.0. The van der Waals surface area contributed by atoms with Gasteiger partial charge in [-0.25, -0.2) is 14.6 Å². The van der Waals surface area contributed by atoms with Crippen LogP contribution in [0.2, 0.25) is 0 Å². The van der Waals surface area contributed by atoms with E-state index >= 15 is 0 Å². The van der Waals surface area contributed by atoms with Crippen LogP contribution in [-0.4, -0.2) is 68.6 Å². The lowest BCUT2D eigenvalue weighted by molar-refractivity contribution is -0.167. The summed E-state index contributed by atoms with van der Waals surface area (Å²) in [5.41, 5.74) is 1.08. The standard InChI is InChI=1S/C21H26N2O8S2/c1-4-30-20(29)31-7-6-21(3)16-14(11(2)25)18(26)23(16)15(19(27)28)17(21)32-8-5-13-12(9-24)22-10-33-13/h5,8,10-11,14,16,24-25H,4,6-7,9H2,1-3H3,(H,27,28)/b8-5-/t11-,14-,16+,21-/m1/s1. The molecule has 0 aliphatic carbocycles. The van der Waals surface area contributed by atoms with Gasteiger partial charge in [0.2, 0.25) is 5.91 Å². The third-order valence-electron chi connectivity index (χ3n) is 5.82. The topological polar surface area (TPSA) is 146 Å². The Hall–Kier alpha value is -2.41. The fourth-order valence-electron chi connectivity index (χ4n) is 4.28. The van der Waals surface area contributed by atoms with Crippen molar-refractivity contribution in [2.75, 3.05) is 13.2 Å². The van der Waals surface area contributed by atoms with E-state index in [0.29, 0.717) is 10.6 Å². The summed E-state index contributed by atoms with van der Waals surface area (Å²) in [6.45, 7) is 4.84. The molecular formula is C21H26N2O8S2. The largest absolute Gasteiger partial charge is 0.508 e. The molecule has 1 aromatic rings. The average molecular weight is 499 g/mol. The molecule has 3 rings (SSSR count). The maximum Gasteiger partial charge on any atom is 0.508 e. The van der Waals surface area contributed by atoms with Crippen molar-refractivity contribution in [3.05, 3.63) is 32.1 Å².